The van der Waals surface area contributed by atoms with Crippen molar-refractivity contribution in [3.05, 3.63) is 35.4 Å². The molecule has 2 aliphatic heterocycles. The van der Waals surface area contributed by atoms with E-state index in [4.69, 9.17) is 0 Å². The van der Waals surface area contributed by atoms with Crippen LogP contribution in [0.25, 0.3) is 0 Å². The number of carboxylic acid groups (broad SMARTS) is 1. The van der Waals surface area contributed by atoms with Crippen LogP contribution in [0, 0.1) is 16.7 Å². The van der Waals surface area contributed by atoms with E-state index < -0.39 is 12.0 Å². The first-order valence-corrected chi connectivity index (χ1v) is 9.17. The van der Waals surface area contributed by atoms with Crippen molar-refractivity contribution >= 4 is 11.9 Å². The summed E-state index contributed by atoms with van der Waals surface area (Å²) in [4.78, 5) is 27.4. The minimum atomic E-state index is -0.944. The van der Waals surface area contributed by atoms with Gasteiger partial charge in [-0.2, -0.15) is 5.26 Å². The normalized spacial score (nSPS) is 21.4. The van der Waals surface area contributed by atoms with Gasteiger partial charge in [0.2, 0.25) is 5.91 Å². The van der Waals surface area contributed by atoms with Gasteiger partial charge in [0.25, 0.3) is 0 Å². The quantitative estimate of drug-likeness (QED) is 0.895. The third-order valence-corrected chi connectivity index (χ3v) is 5.97. The summed E-state index contributed by atoms with van der Waals surface area (Å²) in [6.45, 7) is 4.70. The molecule has 1 spiro atoms. The van der Waals surface area contributed by atoms with E-state index in [0.29, 0.717) is 13.0 Å². The van der Waals surface area contributed by atoms with Crippen molar-refractivity contribution in [3.63, 3.8) is 0 Å². The van der Waals surface area contributed by atoms with Crippen molar-refractivity contribution in [2.45, 2.75) is 45.2 Å². The maximum atomic E-state index is 12.2. The van der Waals surface area contributed by atoms with Crippen LogP contribution in [-0.4, -0.2) is 52.5 Å². The second-order valence-electron chi connectivity index (χ2n) is 7.58. The van der Waals surface area contributed by atoms with Crippen molar-refractivity contribution in [1.29, 1.82) is 5.26 Å². The Kier molecular flexibility index (Phi) is 5.28. The van der Waals surface area contributed by atoms with Gasteiger partial charge in [0.1, 0.15) is 6.04 Å². The van der Waals surface area contributed by atoms with Crippen LogP contribution in [0.1, 0.15) is 43.7 Å². The monoisotopic (exact) mass is 355 g/mol. The minimum Gasteiger partial charge on any atom is -0.480 e. The van der Waals surface area contributed by atoms with Gasteiger partial charge in [0, 0.05) is 19.5 Å². The number of carbonyl (C=O) groups is 2. The van der Waals surface area contributed by atoms with Crippen LogP contribution in [-0.2, 0) is 16.1 Å². The van der Waals surface area contributed by atoms with Crippen LogP contribution >= 0.6 is 0 Å². The molecule has 1 aromatic rings. The SMILES string of the molecule is C[C@@H](C(=O)O)N1CC2(CCC1=O)CCN(Cc1ccccc1C#N)CC2. The van der Waals surface area contributed by atoms with Crippen LogP contribution in [0.5, 0.6) is 0 Å². The van der Waals surface area contributed by atoms with Crippen LogP contribution < -0.4 is 0 Å². The van der Waals surface area contributed by atoms with E-state index in [2.05, 4.69) is 11.0 Å². The number of rotatable bonds is 4. The highest BCUT2D eigenvalue weighted by molar-refractivity contribution is 5.84. The Morgan fingerprint density at radius 2 is 2.00 bits per heavy atom. The Labute approximate surface area is 154 Å². The summed E-state index contributed by atoms with van der Waals surface area (Å²) in [5.41, 5.74) is 1.80. The van der Waals surface area contributed by atoms with Crippen molar-refractivity contribution < 1.29 is 14.7 Å². The molecular formula is C20H25N3O3. The summed E-state index contributed by atoms with van der Waals surface area (Å²) in [6, 6.07) is 9.17. The largest absolute Gasteiger partial charge is 0.480 e. The molecule has 138 valence electrons. The van der Waals surface area contributed by atoms with E-state index in [1.54, 1.807) is 11.8 Å². The summed E-state index contributed by atoms with van der Waals surface area (Å²) in [5.74, 6) is -0.989. The van der Waals surface area contributed by atoms with Gasteiger partial charge in [0.05, 0.1) is 11.6 Å². The van der Waals surface area contributed by atoms with Gasteiger partial charge in [-0.25, -0.2) is 4.79 Å². The lowest BCUT2D eigenvalue weighted by Gasteiger charge is -2.48. The van der Waals surface area contributed by atoms with E-state index in [0.717, 1.165) is 50.0 Å². The smallest absolute Gasteiger partial charge is 0.326 e. The van der Waals surface area contributed by atoms with E-state index in [1.165, 1.54) is 0 Å². The summed E-state index contributed by atoms with van der Waals surface area (Å²) in [6.07, 6.45) is 3.20. The molecule has 1 amide bonds. The molecule has 0 radical (unpaired) electrons. The number of amides is 1. The molecule has 2 aliphatic rings. The zero-order valence-corrected chi connectivity index (χ0v) is 15.1. The number of benzene rings is 1. The highest BCUT2D eigenvalue weighted by Crippen LogP contribution is 2.41. The number of carbonyl (C=O) groups excluding carboxylic acids is 1. The number of nitriles is 1. The van der Waals surface area contributed by atoms with Gasteiger partial charge >= 0.3 is 5.97 Å². The highest BCUT2D eigenvalue weighted by atomic mass is 16.4. The maximum Gasteiger partial charge on any atom is 0.326 e. The maximum absolute atomic E-state index is 12.2. The summed E-state index contributed by atoms with van der Waals surface area (Å²) >= 11 is 0. The predicted molar refractivity (Wildman–Crippen MR) is 96.1 cm³/mol. The molecule has 0 bridgehead atoms. The lowest BCUT2D eigenvalue weighted by molar-refractivity contribution is -0.155. The predicted octanol–water partition coefficient (Wildman–Crippen LogP) is 2.24. The molecule has 0 unspecified atom stereocenters. The van der Waals surface area contributed by atoms with Crippen LogP contribution in [0.15, 0.2) is 24.3 Å². The molecule has 3 rings (SSSR count). The summed E-state index contributed by atoms with van der Waals surface area (Å²) < 4.78 is 0. The lowest BCUT2D eigenvalue weighted by atomic mass is 9.72. The number of nitrogens with zero attached hydrogens (tertiary/aromatic N) is 3. The van der Waals surface area contributed by atoms with Crippen LogP contribution in [0.3, 0.4) is 0 Å². The topological polar surface area (TPSA) is 84.6 Å². The molecule has 2 heterocycles. The number of carboxylic acids is 1. The third-order valence-electron chi connectivity index (χ3n) is 5.97. The fourth-order valence-electron chi connectivity index (χ4n) is 4.13. The Bertz CT molecular complexity index is 732. The molecule has 6 nitrogen and oxygen atoms in total. The zero-order chi connectivity index (χ0) is 18.7. The Morgan fingerprint density at radius 3 is 2.65 bits per heavy atom. The molecule has 0 saturated carbocycles. The van der Waals surface area contributed by atoms with Gasteiger partial charge in [0.15, 0.2) is 0 Å². The van der Waals surface area contributed by atoms with E-state index in [-0.39, 0.29) is 11.3 Å². The number of hydrogen-bond acceptors (Lipinski definition) is 4. The molecule has 1 N–H and O–H groups in total. The van der Waals surface area contributed by atoms with Crippen LogP contribution in [0.4, 0.5) is 0 Å². The summed E-state index contributed by atoms with van der Waals surface area (Å²) in [7, 11) is 0. The van der Waals surface area contributed by atoms with Gasteiger partial charge in [-0.3, -0.25) is 9.69 Å². The average Bonchev–Trinajstić information content (AvgIpc) is 2.65. The first-order chi connectivity index (χ1) is 12.4. The Morgan fingerprint density at radius 1 is 1.31 bits per heavy atom. The molecule has 1 atom stereocenters. The molecule has 2 fully saturated rings. The first-order valence-electron chi connectivity index (χ1n) is 9.17. The fraction of sp³-hybridized carbons (Fsp3) is 0.550. The highest BCUT2D eigenvalue weighted by Gasteiger charge is 2.43. The fourth-order valence-corrected chi connectivity index (χ4v) is 4.13. The van der Waals surface area contributed by atoms with Gasteiger partial charge in [-0.1, -0.05) is 18.2 Å². The first kappa shape index (κ1) is 18.4. The Hall–Kier alpha value is -2.39. The molecule has 6 heteroatoms. The second-order valence-corrected chi connectivity index (χ2v) is 7.58. The molecule has 26 heavy (non-hydrogen) atoms. The number of hydrogen-bond donors (Lipinski definition) is 1. The van der Waals surface area contributed by atoms with E-state index >= 15 is 0 Å². The zero-order valence-electron chi connectivity index (χ0n) is 15.1. The number of aliphatic carboxylic acids is 1. The van der Waals surface area contributed by atoms with Crippen molar-refractivity contribution in [1.82, 2.24) is 9.80 Å². The standard InChI is InChI=1S/C20H25N3O3/c1-15(19(25)26)23-14-20(7-6-18(23)24)8-10-22(11-9-20)13-17-5-3-2-4-16(17)12-21/h2-5,15H,6-11,13-14H2,1H3,(H,25,26)/t15-/m0/s1. The average molecular weight is 355 g/mol. The molecule has 1 aromatic carbocycles. The van der Waals surface area contributed by atoms with E-state index in [1.807, 2.05) is 24.3 Å². The minimum absolute atomic E-state index is 0.0306. The molecule has 2 saturated heterocycles. The van der Waals surface area contributed by atoms with Crippen molar-refractivity contribution in [2.24, 2.45) is 5.41 Å². The summed E-state index contributed by atoms with van der Waals surface area (Å²) in [5, 5.41) is 18.5. The third kappa shape index (κ3) is 3.73. The van der Waals surface area contributed by atoms with Gasteiger partial charge in [-0.15, -0.1) is 0 Å². The molecule has 0 aromatic heterocycles. The molecular weight excluding hydrogens is 330 g/mol. The van der Waals surface area contributed by atoms with Gasteiger partial charge < -0.3 is 10.0 Å². The molecule has 0 aliphatic carbocycles. The number of piperidine rings is 2. The lowest BCUT2D eigenvalue weighted by Crippen LogP contribution is -2.55. The Balaban J connectivity index is 1.63. The van der Waals surface area contributed by atoms with E-state index in [9.17, 15) is 20.0 Å². The van der Waals surface area contributed by atoms with Crippen molar-refractivity contribution in [3.8, 4) is 6.07 Å². The number of likely N-dealkylation sites (tertiary alicyclic amines) is 2. The van der Waals surface area contributed by atoms with Crippen LogP contribution in [0.2, 0.25) is 0 Å². The van der Waals surface area contributed by atoms with Gasteiger partial charge in [-0.05, 0) is 56.3 Å². The second kappa shape index (κ2) is 7.46. The van der Waals surface area contributed by atoms with Crippen molar-refractivity contribution in [2.75, 3.05) is 19.6 Å².